The molecule has 0 radical (unpaired) electrons. The minimum Gasteiger partial charge on any atom is -0.462 e. The molecule has 4 saturated carbocycles. The minimum absolute atomic E-state index is 0.0114. The zero-order valence-corrected chi connectivity index (χ0v) is 43.8. The Balaban J connectivity index is 0.893. The van der Waals surface area contributed by atoms with Gasteiger partial charge in [-0.1, -0.05) is 117 Å². The lowest BCUT2D eigenvalue weighted by atomic mass is 9.44. The number of fused-ring (bicyclic) bond motifs is 5. The van der Waals surface area contributed by atoms with Gasteiger partial charge in [0, 0.05) is 23.5 Å². The predicted molar refractivity (Wildman–Crippen MR) is 282 cm³/mol. The quantitative estimate of drug-likeness (QED) is 0.0813. The van der Waals surface area contributed by atoms with Gasteiger partial charge in [-0.15, -0.1) is 0 Å². The van der Waals surface area contributed by atoms with Crippen LogP contribution in [0.2, 0.25) is 0 Å². The maximum atomic E-state index is 14.5. The van der Waals surface area contributed by atoms with E-state index < -0.39 is 18.2 Å². The van der Waals surface area contributed by atoms with E-state index in [1.54, 1.807) is 12.1 Å². The van der Waals surface area contributed by atoms with Crippen LogP contribution in [0.15, 0.2) is 84.9 Å². The SMILES string of the molecule is CC[C@H](CC[C@@H](C)C1CC[C@H]2[C@@H]3CC[C@H]4CC(OC(=O)C[C@H](O)C[C@H](O)CCn5c(-c6ccc(F)cc6)c(-c6ccccc6)c(C(=O)Nc6ccccc6)c5C(C)C)CC[C@]4(C)[C@H]3CC[C@]12C)C(C)C. The van der Waals surface area contributed by atoms with E-state index >= 15 is 0 Å². The van der Waals surface area contributed by atoms with Crippen LogP contribution in [0.3, 0.4) is 0 Å². The molecule has 1 heterocycles. The number of nitrogens with zero attached hydrogens (tertiary/aromatic N) is 1. The van der Waals surface area contributed by atoms with Crippen molar-refractivity contribution in [3.05, 3.63) is 102 Å². The second-order valence-corrected chi connectivity index (χ2v) is 23.8. The Kier molecular flexibility index (Phi) is 16.5. The third kappa shape index (κ3) is 10.9. The molecule has 8 rings (SSSR count). The van der Waals surface area contributed by atoms with E-state index in [1.165, 1.54) is 69.9 Å². The maximum absolute atomic E-state index is 14.5. The van der Waals surface area contributed by atoms with Crippen LogP contribution < -0.4 is 5.32 Å². The summed E-state index contributed by atoms with van der Waals surface area (Å²) >= 11 is 0. The zero-order chi connectivity index (χ0) is 49.9. The van der Waals surface area contributed by atoms with Crippen molar-refractivity contribution in [1.29, 1.82) is 0 Å². The number of rotatable bonds is 19. The molecule has 8 heteroatoms. The Morgan fingerprint density at radius 1 is 0.771 bits per heavy atom. The molecule has 0 spiro atoms. The summed E-state index contributed by atoms with van der Waals surface area (Å²) in [6.45, 7) is 19.4. The highest BCUT2D eigenvalue weighted by Gasteiger charge is 2.61. The topological polar surface area (TPSA) is 101 Å². The molecule has 0 saturated heterocycles. The average Bonchev–Trinajstić information content (AvgIpc) is 3.87. The van der Waals surface area contributed by atoms with Gasteiger partial charge in [-0.25, -0.2) is 4.39 Å². The van der Waals surface area contributed by atoms with E-state index in [0.717, 1.165) is 88.8 Å². The fourth-order valence-corrected chi connectivity index (χ4v) is 15.4. The summed E-state index contributed by atoms with van der Waals surface area (Å²) in [6, 6.07) is 25.4. The van der Waals surface area contributed by atoms with Gasteiger partial charge in [0.2, 0.25) is 0 Å². The van der Waals surface area contributed by atoms with Crippen LogP contribution in [0.1, 0.15) is 174 Å². The summed E-state index contributed by atoms with van der Waals surface area (Å²) in [5, 5.41) is 25.9. The van der Waals surface area contributed by atoms with Crippen LogP contribution in [-0.4, -0.2) is 45.0 Å². The number of carbonyl (C=O) groups is 2. The van der Waals surface area contributed by atoms with Gasteiger partial charge in [-0.05, 0) is 189 Å². The van der Waals surface area contributed by atoms with Crippen molar-refractivity contribution in [1.82, 2.24) is 4.57 Å². The number of benzene rings is 3. The smallest absolute Gasteiger partial charge is 0.308 e. The summed E-state index contributed by atoms with van der Waals surface area (Å²) in [5.74, 6) is 5.08. The van der Waals surface area contributed by atoms with Gasteiger partial charge in [0.15, 0.2) is 0 Å². The second kappa shape index (κ2) is 22.2. The van der Waals surface area contributed by atoms with Crippen molar-refractivity contribution in [2.45, 2.75) is 182 Å². The molecule has 4 aliphatic rings. The third-order valence-electron chi connectivity index (χ3n) is 19.1. The van der Waals surface area contributed by atoms with Gasteiger partial charge >= 0.3 is 5.97 Å². The first-order chi connectivity index (χ1) is 33.5. The first-order valence-electron chi connectivity index (χ1n) is 27.5. The Hall–Kier alpha value is -4.27. The summed E-state index contributed by atoms with van der Waals surface area (Å²) in [5.41, 5.74) is 5.77. The van der Waals surface area contributed by atoms with Gasteiger partial charge in [-0.3, -0.25) is 9.59 Å². The number of carbonyl (C=O) groups excluding carboxylic acids is 2. The molecular weight excluding hydrogens is 872 g/mol. The Labute approximate surface area is 419 Å². The van der Waals surface area contributed by atoms with Gasteiger partial charge in [0.25, 0.3) is 5.91 Å². The molecule has 12 atom stereocenters. The maximum Gasteiger partial charge on any atom is 0.308 e. The molecule has 4 fully saturated rings. The fourth-order valence-electron chi connectivity index (χ4n) is 15.4. The average molecular weight is 957 g/mol. The predicted octanol–water partition coefficient (Wildman–Crippen LogP) is 14.9. The monoisotopic (exact) mass is 957 g/mol. The fraction of sp³-hybridized carbons (Fsp3) is 0.613. The molecule has 4 aromatic rings. The Morgan fingerprint density at radius 3 is 2.11 bits per heavy atom. The van der Waals surface area contributed by atoms with Crippen LogP contribution in [0.5, 0.6) is 0 Å². The van der Waals surface area contributed by atoms with Crippen molar-refractivity contribution in [3.8, 4) is 22.4 Å². The van der Waals surface area contributed by atoms with Gasteiger partial charge < -0.3 is 24.8 Å². The van der Waals surface area contributed by atoms with Crippen LogP contribution in [-0.2, 0) is 16.1 Å². The first kappa shape index (κ1) is 52.1. The lowest BCUT2D eigenvalue weighted by Crippen LogP contribution is -2.54. The molecule has 7 nitrogen and oxygen atoms in total. The third-order valence-corrected chi connectivity index (χ3v) is 19.1. The largest absolute Gasteiger partial charge is 0.462 e. The van der Waals surface area contributed by atoms with E-state index in [9.17, 15) is 24.2 Å². The highest BCUT2D eigenvalue weighted by atomic mass is 19.1. The van der Waals surface area contributed by atoms with Crippen LogP contribution >= 0.6 is 0 Å². The van der Waals surface area contributed by atoms with Gasteiger partial charge in [0.1, 0.15) is 11.9 Å². The molecule has 0 aliphatic heterocycles. The molecule has 380 valence electrons. The lowest BCUT2D eigenvalue weighted by molar-refractivity contribution is -0.164. The molecule has 1 amide bonds. The second-order valence-electron chi connectivity index (χ2n) is 23.8. The standard InChI is InChI=1S/C62H85FN2O5/c1-9-42(39(2)3)21-20-41(6)52-28-29-53-51-27-24-45-36-50(30-33-61(45,7)54(51)31-34-62(52,53)8)70-55(68)38-49(67)37-48(66)32-35-65-58(40(4)5)57(60(69)64-47-18-14-11-15-19-47)56(43-16-12-10-13-17-43)59(65)44-22-25-46(63)26-23-44/h10-19,22-23,25-26,39-42,45,48-54,66-67H,9,20-21,24,27-38H2,1-8H3,(H,64,69)/t41-,42-,45+,48-,49-,50?,51+,52?,53+,54+,61+,62-/m1/s1. The molecular formula is C62H85FN2O5. The Bertz CT molecular complexity index is 2360. The summed E-state index contributed by atoms with van der Waals surface area (Å²) < 4.78 is 22.7. The number of para-hydroxylation sites is 1. The molecule has 3 aromatic carbocycles. The molecule has 4 aliphatic carbocycles. The number of aliphatic hydroxyl groups is 2. The summed E-state index contributed by atoms with van der Waals surface area (Å²) in [6.07, 6.45) is 12.9. The molecule has 2 unspecified atom stereocenters. The highest BCUT2D eigenvalue weighted by molar-refractivity contribution is 6.12. The molecule has 70 heavy (non-hydrogen) atoms. The van der Waals surface area contributed by atoms with E-state index in [2.05, 4.69) is 51.4 Å². The molecule has 0 bridgehead atoms. The summed E-state index contributed by atoms with van der Waals surface area (Å²) in [7, 11) is 0. The number of hydrogen-bond donors (Lipinski definition) is 3. The number of nitrogens with one attached hydrogen (secondary N) is 1. The van der Waals surface area contributed by atoms with Crippen molar-refractivity contribution < 1.29 is 28.9 Å². The van der Waals surface area contributed by atoms with Crippen molar-refractivity contribution in [2.75, 3.05) is 5.32 Å². The zero-order valence-electron chi connectivity index (χ0n) is 43.8. The van der Waals surface area contributed by atoms with Crippen molar-refractivity contribution >= 4 is 17.6 Å². The number of halogens is 1. The first-order valence-corrected chi connectivity index (χ1v) is 27.5. The number of esters is 1. The molecule has 3 N–H and O–H groups in total. The minimum atomic E-state index is -1.07. The number of ether oxygens (including phenoxy) is 1. The van der Waals surface area contributed by atoms with E-state index in [-0.39, 0.29) is 48.4 Å². The number of amides is 1. The van der Waals surface area contributed by atoms with Crippen LogP contribution in [0.4, 0.5) is 10.1 Å². The van der Waals surface area contributed by atoms with Crippen molar-refractivity contribution in [3.63, 3.8) is 0 Å². The Morgan fingerprint density at radius 2 is 1.44 bits per heavy atom. The van der Waals surface area contributed by atoms with E-state index in [1.807, 2.05) is 74.5 Å². The highest BCUT2D eigenvalue weighted by Crippen LogP contribution is 2.68. The van der Waals surface area contributed by atoms with Crippen LogP contribution in [0, 0.1) is 64.0 Å². The number of aromatic nitrogens is 1. The van der Waals surface area contributed by atoms with E-state index in [4.69, 9.17) is 4.74 Å². The van der Waals surface area contributed by atoms with Crippen molar-refractivity contribution in [2.24, 2.45) is 58.2 Å². The lowest BCUT2D eigenvalue weighted by Gasteiger charge is -2.61. The number of aliphatic hydroxyl groups excluding tert-OH is 2. The van der Waals surface area contributed by atoms with Gasteiger partial charge in [-0.2, -0.15) is 0 Å². The number of anilines is 1. The van der Waals surface area contributed by atoms with Gasteiger partial charge in [0.05, 0.1) is 29.9 Å². The normalized spacial score (nSPS) is 28.1. The van der Waals surface area contributed by atoms with E-state index in [0.29, 0.717) is 29.1 Å². The molecule has 1 aromatic heterocycles. The van der Waals surface area contributed by atoms with Crippen LogP contribution in [0.25, 0.3) is 22.4 Å². The number of hydrogen-bond acceptors (Lipinski definition) is 5. The summed E-state index contributed by atoms with van der Waals surface area (Å²) in [4.78, 5) is 28.0.